The van der Waals surface area contributed by atoms with Crippen molar-refractivity contribution >= 4 is 28.7 Å². The van der Waals surface area contributed by atoms with Crippen LogP contribution in [0.5, 0.6) is 0 Å². The molecule has 0 aromatic heterocycles. The van der Waals surface area contributed by atoms with Crippen LogP contribution in [0.1, 0.15) is 31.9 Å². The van der Waals surface area contributed by atoms with Crippen LogP contribution in [0.25, 0.3) is 0 Å². The summed E-state index contributed by atoms with van der Waals surface area (Å²) < 4.78 is 13.6. The SMILES string of the molecule is Cc1ccc(NC(=S)Nc2ccccc2C(C)(C)C)cc1F. The molecule has 2 N–H and O–H groups in total. The lowest BCUT2D eigenvalue weighted by molar-refractivity contribution is 0.592. The van der Waals surface area contributed by atoms with Crippen molar-refractivity contribution in [3.8, 4) is 0 Å². The van der Waals surface area contributed by atoms with Gasteiger partial charge in [0.2, 0.25) is 0 Å². The summed E-state index contributed by atoms with van der Waals surface area (Å²) in [6.07, 6.45) is 0. The fourth-order valence-corrected chi connectivity index (χ4v) is 2.43. The third-order valence-electron chi connectivity index (χ3n) is 3.41. The van der Waals surface area contributed by atoms with E-state index in [9.17, 15) is 4.39 Å². The van der Waals surface area contributed by atoms with E-state index >= 15 is 0 Å². The number of para-hydroxylation sites is 1. The minimum Gasteiger partial charge on any atom is -0.332 e. The molecule has 2 rings (SSSR count). The summed E-state index contributed by atoms with van der Waals surface area (Å²) in [5.41, 5.74) is 3.39. The number of hydrogen-bond acceptors (Lipinski definition) is 1. The molecular weight excluding hydrogens is 295 g/mol. The zero-order chi connectivity index (χ0) is 16.3. The number of rotatable bonds is 2. The van der Waals surface area contributed by atoms with Crippen molar-refractivity contribution in [1.29, 1.82) is 0 Å². The molecule has 0 radical (unpaired) electrons. The topological polar surface area (TPSA) is 24.1 Å². The van der Waals surface area contributed by atoms with Gasteiger partial charge in [-0.2, -0.15) is 0 Å². The summed E-state index contributed by atoms with van der Waals surface area (Å²) >= 11 is 5.33. The van der Waals surface area contributed by atoms with Gasteiger partial charge in [0, 0.05) is 11.4 Å². The smallest absolute Gasteiger partial charge is 0.175 e. The average molecular weight is 316 g/mol. The first-order valence-corrected chi connectivity index (χ1v) is 7.62. The van der Waals surface area contributed by atoms with Crippen LogP contribution in [0.2, 0.25) is 0 Å². The first-order valence-electron chi connectivity index (χ1n) is 7.21. The molecule has 0 aliphatic carbocycles. The van der Waals surface area contributed by atoms with Crippen molar-refractivity contribution < 1.29 is 4.39 Å². The summed E-state index contributed by atoms with van der Waals surface area (Å²) in [7, 11) is 0. The third-order valence-corrected chi connectivity index (χ3v) is 3.62. The van der Waals surface area contributed by atoms with Crippen molar-refractivity contribution in [2.24, 2.45) is 0 Å². The number of halogens is 1. The lowest BCUT2D eigenvalue weighted by atomic mass is 9.86. The first kappa shape index (κ1) is 16.4. The van der Waals surface area contributed by atoms with Crippen molar-refractivity contribution in [3.05, 3.63) is 59.4 Å². The minimum absolute atomic E-state index is 0.00910. The molecule has 0 aliphatic rings. The lowest BCUT2D eigenvalue weighted by Crippen LogP contribution is -2.22. The Morgan fingerprint density at radius 1 is 1.05 bits per heavy atom. The molecule has 2 aromatic carbocycles. The Kier molecular flexibility index (Phi) is 4.81. The highest BCUT2D eigenvalue weighted by atomic mass is 32.1. The largest absolute Gasteiger partial charge is 0.332 e. The van der Waals surface area contributed by atoms with E-state index in [1.165, 1.54) is 11.6 Å². The van der Waals surface area contributed by atoms with E-state index < -0.39 is 0 Å². The molecule has 0 saturated heterocycles. The number of thiocarbonyl (C=S) groups is 1. The number of nitrogens with one attached hydrogen (secondary N) is 2. The maximum absolute atomic E-state index is 13.6. The van der Waals surface area contributed by atoms with Gasteiger partial charge in [-0.3, -0.25) is 0 Å². The van der Waals surface area contributed by atoms with Gasteiger partial charge < -0.3 is 10.6 Å². The molecular formula is C18H21FN2S. The normalized spacial score (nSPS) is 11.1. The highest BCUT2D eigenvalue weighted by Crippen LogP contribution is 2.29. The standard InChI is InChI=1S/C18H21FN2S/c1-12-9-10-13(11-15(12)19)20-17(22)21-16-8-6-5-7-14(16)18(2,3)4/h5-11H,1-4H3,(H2,20,21,22). The average Bonchev–Trinajstić information content (AvgIpc) is 2.42. The van der Waals surface area contributed by atoms with Crippen LogP contribution in [0.3, 0.4) is 0 Å². The number of anilines is 2. The summed E-state index contributed by atoms with van der Waals surface area (Å²) in [5, 5.41) is 6.66. The Bertz CT molecular complexity index is 690. The first-order chi connectivity index (χ1) is 10.3. The fourth-order valence-electron chi connectivity index (χ4n) is 2.20. The van der Waals surface area contributed by atoms with Gasteiger partial charge in [-0.1, -0.05) is 45.0 Å². The maximum Gasteiger partial charge on any atom is 0.175 e. The third kappa shape index (κ3) is 4.04. The molecule has 22 heavy (non-hydrogen) atoms. The minimum atomic E-state index is -0.247. The summed E-state index contributed by atoms with van der Waals surface area (Å²) in [6.45, 7) is 8.19. The molecule has 0 spiro atoms. The Hall–Kier alpha value is -1.94. The molecule has 2 aromatic rings. The van der Waals surface area contributed by atoms with Crippen molar-refractivity contribution in [3.63, 3.8) is 0 Å². The molecule has 0 atom stereocenters. The molecule has 0 heterocycles. The summed E-state index contributed by atoms with van der Waals surface area (Å²) in [4.78, 5) is 0. The van der Waals surface area contributed by atoms with Gasteiger partial charge in [-0.15, -0.1) is 0 Å². The molecule has 0 aliphatic heterocycles. The van der Waals surface area contributed by atoms with Gasteiger partial charge in [0.15, 0.2) is 5.11 Å². The lowest BCUT2D eigenvalue weighted by Gasteiger charge is -2.23. The summed E-state index contributed by atoms with van der Waals surface area (Å²) in [6, 6.07) is 13.0. The predicted octanol–water partition coefficient (Wildman–Crippen LogP) is 5.24. The maximum atomic E-state index is 13.6. The van der Waals surface area contributed by atoms with E-state index in [1.54, 1.807) is 13.0 Å². The molecule has 0 bridgehead atoms. The van der Waals surface area contributed by atoms with Crippen LogP contribution in [-0.2, 0) is 5.41 Å². The predicted molar refractivity (Wildman–Crippen MR) is 96.1 cm³/mol. The monoisotopic (exact) mass is 316 g/mol. The van der Waals surface area contributed by atoms with Crippen LogP contribution in [0.4, 0.5) is 15.8 Å². The van der Waals surface area contributed by atoms with E-state index in [2.05, 4.69) is 37.5 Å². The van der Waals surface area contributed by atoms with Crippen molar-refractivity contribution in [2.45, 2.75) is 33.1 Å². The highest BCUT2D eigenvalue weighted by molar-refractivity contribution is 7.80. The van der Waals surface area contributed by atoms with Crippen molar-refractivity contribution in [2.75, 3.05) is 10.6 Å². The molecule has 116 valence electrons. The second-order valence-electron chi connectivity index (χ2n) is 6.34. The van der Waals surface area contributed by atoms with Gasteiger partial charge in [0.1, 0.15) is 5.82 Å². The number of hydrogen-bond donors (Lipinski definition) is 2. The van der Waals surface area contributed by atoms with Crippen LogP contribution < -0.4 is 10.6 Å². The van der Waals surface area contributed by atoms with Crippen molar-refractivity contribution in [1.82, 2.24) is 0 Å². The Morgan fingerprint density at radius 3 is 2.36 bits per heavy atom. The molecule has 0 unspecified atom stereocenters. The van der Waals surface area contributed by atoms with Gasteiger partial charge in [0.05, 0.1) is 0 Å². The van der Waals surface area contributed by atoms with Crippen LogP contribution in [0.15, 0.2) is 42.5 Å². The van der Waals surface area contributed by atoms with Gasteiger partial charge in [-0.05, 0) is 53.9 Å². The van der Waals surface area contributed by atoms with E-state index in [0.29, 0.717) is 16.4 Å². The van der Waals surface area contributed by atoms with Crippen LogP contribution in [-0.4, -0.2) is 5.11 Å². The molecule has 4 heteroatoms. The second kappa shape index (κ2) is 6.44. The van der Waals surface area contributed by atoms with Crippen LogP contribution in [0, 0.1) is 12.7 Å². The summed E-state index contributed by atoms with van der Waals surface area (Å²) in [5.74, 6) is -0.247. The highest BCUT2D eigenvalue weighted by Gasteiger charge is 2.17. The van der Waals surface area contributed by atoms with E-state index in [0.717, 1.165) is 5.69 Å². The molecule has 0 fully saturated rings. The second-order valence-corrected chi connectivity index (χ2v) is 6.75. The Labute approximate surface area is 136 Å². The van der Waals surface area contributed by atoms with E-state index in [-0.39, 0.29) is 11.2 Å². The van der Waals surface area contributed by atoms with E-state index in [4.69, 9.17) is 12.2 Å². The number of benzene rings is 2. The van der Waals surface area contributed by atoms with E-state index in [1.807, 2.05) is 24.3 Å². The fraction of sp³-hybridized carbons (Fsp3) is 0.278. The Balaban J connectivity index is 2.14. The zero-order valence-electron chi connectivity index (χ0n) is 13.3. The molecule has 2 nitrogen and oxygen atoms in total. The molecule has 0 saturated carbocycles. The van der Waals surface area contributed by atoms with Gasteiger partial charge in [-0.25, -0.2) is 4.39 Å². The zero-order valence-corrected chi connectivity index (χ0v) is 14.1. The molecule has 0 amide bonds. The quantitative estimate of drug-likeness (QED) is 0.741. The van der Waals surface area contributed by atoms with Gasteiger partial charge >= 0.3 is 0 Å². The van der Waals surface area contributed by atoms with Gasteiger partial charge in [0.25, 0.3) is 0 Å². The Morgan fingerprint density at radius 2 is 1.73 bits per heavy atom. The van der Waals surface area contributed by atoms with Crippen LogP contribution >= 0.6 is 12.2 Å². The number of aryl methyl sites for hydroxylation is 1.